The summed E-state index contributed by atoms with van der Waals surface area (Å²) in [6.45, 7) is 1.46. The van der Waals surface area contributed by atoms with E-state index >= 15 is 0 Å². The second kappa shape index (κ2) is 6.21. The van der Waals surface area contributed by atoms with Gasteiger partial charge in [-0.15, -0.1) is 11.6 Å². The minimum Gasteiger partial charge on any atom is -0.381 e. The quantitative estimate of drug-likeness (QED) is 0.788. The second-order valence-electron chi connectivity index (χ2n) is 4.53. The maximum absolute atomic E-state index is 12.2. The van der Waals surface area contributed by atoms with Crippen LogP contribution in [0.5, 0.6) is 0 Å². The van der Waals surface area contributed by atoms with Gasteiger partial charge in [0.1, 0.15) is 5.38 Å². The number of halogens is 1. The molecule has 1 atom stereocenters. The highest BCUT2D eigenvalue weighted by atomic mass is 35.5. The van der Waals surface area contributed by atoms with Crippen molar-refractivity contribution in [3.05, 3.63) is 35.9 Å². The van der Waals surface area contributed by atoms with Crippen molar-refractivity contribution < 1.29 is 9.53 Å². The molecule has 0 spiro atoms. The molecule has 0 radical (unpaired) electrons. The Balaban J connectivity index is 1.96. The molecule has 4 heteroatoms. The van der Waals surface area contributed by atoms with E-state index in [0.717, 1.165) is 31.5 Å². The number of hydrogen-bond donors (Lipinski definition) is 0. The SMILES string of the molecule is COC1CCN(C(=O)C(Cl)c2ccccc2)CC1. The molecule has 1 aliphatic rings. The molecular formula is C14H18ClNO2. The van der Waals surface area contributed by atoms with Crippen LogP contribution in [0.2, 0.25) is 0 Å². The topological polar surface area (TPSA) is 29.5 Å². The number of hydrogen-bond acceptors (Lipinski definition) is 2. The van der Waals surface area contributed by atoms with E-state index in [2.05, 4.69) is 0 Å². The molecule has 2 rings (SSSR count). The van der Waals surface area contributed by atoms with Crippen molar-refractivity contribution in [2.24, 2.45) is 0 Å². The van der Waals surface area contributed by atoms with Gasteiger partial charge in [-0.2, -0.15) is 0 Å². The summed E-state index contributed by atoms with van der Waals surface area (Å²) in [5.74, 6) is -0.00239. The highest BCUT2D eigenvalue weighted by Gasteiger charge is 2.27. The van der Waals surface area contributed by atoms with Gasteiger partial charge in [-0.25, -0.2) is 0 Å². The summed E-state index contributed by atoms with van der Waals surface area (Å²) in [7, 11) is 1.72. The van der Waals surface area contributed by atoms with Crippen molar-refractivity contribution in [3.8, 4) is 0 Å². The molecule has 0 N–H and O–H groups in total. The third-order valence-electron chi connectivity index (χ3n) is 3.40. The minimum atomic E-state index is -0.578. The number of likely N-dealkylation sites (tertiary alicyclic amines) is 1. The van der Waals surface area contributed by atoms with Crippen LogP contribution in [-0.2, 0) is 9.53 Å². The zero-order chi connectivity index (χ0) is 13.0. The van der Waals surface area contributed by atoms with Crippen LogP contribution in [0.3, 0.4) is 0 Å². The van der Waals surface area contributed by atoms with Crippen molar-refractivity contribution in [2.75, 3.05) is 20.2 Å². The van der Waals surface area contributed by atoms with Gasteiger partial charge in [-0.05, 0) is 18.4 Å². The Morgan fingerprint density at radius 3 is 2.50 bits per heavy atom. The Morgan fingerprint density at radius 1 is 1.33 bits per heavy atom. The Bertz CT molecular complexity index is 388. The van der Waals surface area contributed by atoms with Gasteiger partial charge < -0.3 is 9.64 Å². The summed E-state index contributed by atoms with van der Waals surface area (Å²) in [6, 6.07) is 9.49. The molecule has 3 nitrogen and oxygen atoms in total. The van der Waals surface area contributed by atoms with Gasteiger partial charge in [-0.1, -0.05) is 30.3 Å². The van der Waals surface area contributed by atoms with Crippen LogP contribution in [0.1, 0.15) is 23.8 Å². The number of rotatable bonds is 3. The number of methoxy groups -OCH3 is 1. The van der Waals surface area contributed by atoms with Crippen LogP contribution >= 0.6 is 11.6 Å². The fraction of sp³-hybridized carbons (Fsp3) is 0.500. The molecule has 1 aliphatic heterocycles. The van der Waals surface area contributed by atoms with Gasteiger partial charge in [0.15, 0.2) is 0 Å². The van der Waals surface area contributed by atoms with Gasteiger partial charge >= 0.3 is 0 Å². The molecule has 0 aliphatic carbocycles. The number of ether oxygens (including phenoxy) is 1. The molecule has 1 amide bonds. The fourth-order valence-electron chi connectivity index (χ4n) is 2.24. The van der Waals surface area contributed by atoms with Gasteiger partial charge in [-0.3, -0.25) is 4.79 Å². The molecule has 0 aromatic heterocycles. The number of nitrogens with zero attached hydrogens (tertiary/aromatic N) is 1. The van der Waals surface area contributed by atoms with E-state index in [1.54, 1.807) is 7.11 Å². The molecule has 1 saturated heterocycles. The lowest BCUT2D eigenvalue weighted by atomic mass is 10.1. The van der Waals surface area contributed by atoms with Gasteiger partial charge in [0.05, 0.1) is 6.10 Å². The van der Waals surface area contributed by atoms with E-state index in [4.69, 9.17) is 16.3 Å². The first-order valence-electron chi connectivity index (χ1n) is 6.23. The van der Waals surface area contributed by atoms with E-state index in [9.17, 15) is 4.79 Å². The lowest BCUT2D eigenvalue weighted by Gasteiger charge is -2.32. The molecule has 18 heavy (non-hydrogen) atoms. The summed E-state index contributed by atoms with van der Waals surface area (Å²) in [6.07, 6.45) is 2.06. The summed E-state index contributed by atoms with van der Waals surface area (Å²) in [5.41, 5.74) is 0.859. The lowest BCUT2D eigenvalue weighted by Crippen LogP contribution is -2.42. The highest BCUT2D eigenvalue weighted by molar-refractivity contribution is 6.30. The van der Waals surface area contributed by atoms with Gasteiger partial charge in [0.25, 0.3) is 0 Å². The predicted octanol–water partition coefficient (Wildman–Crippen LogP) is 2.60. The first-order chi connectivity index (χ1) is 8.72. The normalized spacial score (nSPS) is 18.7. The molecule has 1 fully saturated rings. The van der Waals surface area contributed by atoms with E-state index in [0.29, 0.717) is 0 Å². The maximum atomic E-state index is 12.2. The molecule has 1 aromatic rings. The van der Waals surface area contributed by atoms with Crippen LogP contribution < -0.4 is 0 Å². The van der Waals surface area contributed by atoms with E-state index in [1.807, 2.05) is 35.2 Å². The van der Waals surface area contributed by atoms with Crippen molar-refractivity contribution in [1.82, 2.24) is 4.90 Å². The first kappa shape index (κ1) is 13.4. The predicted molar refractivity (Wildman–Crippen MR) is 71.6 cm³/mol. The first-order valence-corrected chi connectivity index (χ1v) is 6.66. The number of benzene rings is 1. The average molecular weight is 268 g/mol. The third-order valence-corrected chi connectivity index (χ3v) is 3.83. The van der Waals surface area contributed by atoms with Crippen molar-refractivity contribution in [1.29, 1.82) is 0 Å². The standard InChI is InChI=1S/C14H18ClNO2/c1-18-12-7-9-16(10-8-12)14(17)13(15)11-5-3-2-4-6-11/h2-6,12-13H,7-10H2,1H3. The Morgan fingerprint density at radius 2 is 1.94 bits per heavy atom. The molecule has 1 heterocycles. The van der Waals surface area contributed by atoms with Gasteiger partial charge in [0, 0.05) is 20.2 Å². The zero-order valence-corrected chi connectivity index (χ0v) is 11.3. The second-order valence-corrected chi connectivity index (χ2v) is 4.97. The fourth-order valence-corrected chi connectivity index (χ4v) is 2.52. The monoisotopic (exact) mass is 267 g/mol. The number of amides is 1. The van der Waals surface area contributed by atoms with Crippen molar-refractivity contribution in [2.45, 2.75) is 24.3 Å². The molecule has 1 aromatic carbocycles. The largest absolute Gasteiger partial charge is 0.381 e. The molecule has 1 unspecified atom stereocenters. The summed E-state index contributed by atoms with van der Waals surface area (Å²) < 4.78 is 5.29. The van der Waals surface area contributed by atoms with Crippen LogP contribution in [0.15, 0.2) is 30.3 Å². The zero-order valence-electron chi connectivity index (χ0n) is 10.5. The number of carbonyl (C=O) groups excluding carboxylic acids is 1. The van der Waals surface area contributed by atoms with Crippen molar-refractivity contribution >= 4 is 17.5 Å². The van der Waals surface area contributed by atoms with Crippen LogP contribution in [0, 0.1) is 0 Å². The number of piperidine rings is 1. The third kappa shape index (κ3) is 3.03. The van der Waals surface area contributed by atoms with Crippen LogP contribution in [-0.4, -0.2) is 37.1 Å². The van der Waals surface area contributed by atoms with Crippen LogP contribution in [0.4, 0.5) is 0 Å². The van der Waals surface area contributed by atoms with E-state index in [-0.39, 0.29) is 12.0 Å². The molecule has 98 valence electrons. The van der Waals surface area contributed by atoms with Crippen LogP contribution in [0.25, 0.3) is 0 Å². The maximum Gasteiger partial charge on any atom is 0.245 e. The van der Waals surface area contributed by atoms with E-state index in [1.165, 1.54) is 0 Å². The Hall–Kier alpha value is -1.06. The molecule has 0 bridgehead atoms. The highest BCUT2D eigenvalue weighted by Crippen LogP contribution is 2.24. The summed E-state index contributed by atoms with van der Waals surface area (Å²) >= 11 is 6.24. The molecular weight excluding hydrogens is 250 g/mol. The van der Waals surface area contributed by atoms with Crippen molar-refractivity contribution in [3.63, 3.8) is 0 Å². The average Bonchev–Trinajstić information content (AvgIpc) is 2.47. The Labute approximate surface area is 113 Å². The molecule has 0 saturated carbocycles. The summed E-state index contributed by atoms with van der Waals surface area (Å²) in [4.78, 5) is 14.1. The lowest BCUT2D eigenvalue weighted by molar-refractivity contribution is -0.133. The van der Waals surface area contributed by atoms with E-state index < -0.39 is 5.38 Å². The minimum absolute atomic E-state index is 0.00239. The van der Waals surface area contributed by atoms with Gasteiger partial charge in [0.2, 0.25) is 5.91 Å². The summed E-state index contributed by atoms with van der Waals surface area (Å²) in [5, 5.41) is -0.578. The smallest absolute Gasteiger partial charge is 0.245 e. The number of alkyl halides is 1. The Kier molecular flexibility index (Phi) is 4.61. The number of carbonyl (C=O) groups is 1.